The minimum Gasteiger partial charge on any atom is -0.497 e. The minimum absolute atomic E-state index is 0.0744. The van der Waals surface area contributed by atoms with Gasteiger partial charge in [0.1, 0.15) is 11.4 Å². The average molecular weight is 373 g/mol. The molecule has 0 saturated heterocycles. The van der Waals surface area contributed by atoms with Gasteiger partial charge in [0, 0.05) is 11.6 Å². The van der Waals surface area contributed by atoms with E-state index < -0.39 is 12.5 Å². The Morgan fingerprint density at radius 3 is 2.69 bits per heavy atom. The summed E-state index contributed by atoms with van der Waals surface area (Å²) in [6, 6.07) is 14.2. The van der Waals surface area contributed by atoms with Gasteiger partial charge in [0.15, 0.2) is 5.69 Å². The number of carbonyl (C=O) groups excluding carboxylic acids is 1. The second-order valence-corrected chi connectivity index (χ2v) is 5.89. The van der Waals surface area contributed by atoms with Crippen LogP contribution in [0.5, 0.6) is 5.75 Å². The lowest BCUT2D eigenvalue weighted by Crippen LogP contribution is -2.24. The van der Waals surface area contributed by atoms with Gasteiger partial charge in [-0.2, -0.15) is 4.80 Å². The highest BCUT2D eigenvalue weighted by Gasteiger charge is 2.18. The number of aromatic nitrogens is 3. The number of methoxy groups -OCH3 is 1. The maximum atomic E-state index is 12.5. The second-order valence-electron chi connectivity index (χ2n) is 5.45. The predicted octanol–water partition coefficient (Wildman–Crippen LogP) is 2.35. The molecule has 2 N–H and O–H groups in total. The molecular weight excluding hydrogens is 356 g/mol. The van der Waals surface area contributed by atoms with Crippen molar-refractivity contribution in [2.45, 2.75) is 13.2 Å². The zero-order valence-corrected chi connectivity index (χ0v) is 14.8. The van der Waals surface area contributed by atoms with Crippen molar-refractivity contribution >= 4 is 17.5 Å². The number of ether oxygens (including phenoxy) is 1. The molecule has 26 heavy (non-hydrogen) atoms. The lowest BCUT2D eigenvalue weighted by molar-refractivity contribution is 0.0942. The first-order valence-electron chi connectivity index (χ1n) is 7.85. The van der Waals surface area contributed by atoms with Crippen molar-refractivity contribution in [1.82, 2.24) is 20.3 Å². The Bertz CT molecular complexity index is 909. The van der Waals surface area contributed by atoms with Crippen molar-refractivity contribution in [2.24, 2.45) is 0 Å². The number of amides is 1. The third kappa shape index (κ3) is 4.01. The SMILES string of the molecule is COc1cccc(CNC(=O)c2nn(-c3ccc(Cl)cc3)nc2CO)c1. The molecule has 0 saturated carbocycles. The molecule has 0 radical (unpaired) electrons. The summed E-state index contributed by atoms with van der Waals surface area (Å²) in [4.78, 5) is 13.8. The molecule has 0 spiro atoms. The number of benzene rings is 2. The molecule has 3 aromatic rings. The van der Waals surface area contributed by atoms with Crippen LogP contribution in [0.15, 0.2) is 48.5 Å². The molecule has 3 rings (SSSR count). The molecule has 0 unspecified atom stereocenters. The number of aliphatic hydroxyl groups excluding tert-OH is 1. The van der Waals surface area contributed by atoms with Crippen LogP contribution in [0.1, 0.15) is 21.7 Å². The van der Waals surface area contributed by atoms with E-state index in [0.717, 1.165) is 5.56 Å². The molecule has 0 aliphatic rings. The van der Waals surface area contributed by atoms with Gasteiger partial charge in [-0.25, -0.2) is 0 Å². The van der Waals surface area contributed by atoms with Gasteiger partial charge >= 0.3 is 0 Å². The van der Waals surface area contributed by atoms with E-state index in [4.69, 9.17) is 16.3 Å². The van der Waals surface area contributed by atoms with Crippen LogP contribution in [0, 0.1) is 0 Å². The van der Waals surface area contributed by atoms with Crippen LogP contribution in [0.25, 0.3) is 5.69 Å². The van der Waals surface area contributed by atoms with E-state index in [2.05, 4.69) is 15.5 Å². The van der Waals surface area contributed by atoms with Crippen LogP contribution >= 0.6 is 11.6 Å². The first kappa shape index (κ1) is 17.9. The number of carbonyl (C=O) groups is 1. The van der Waals surface area contributed by atoms with Crippen molar-refractivity contribution in [3.8, 4) is 11.4 Å². The summed E-state index contributed by atoms with van der Waals surface area (Å²) in [6.07, 6.45) is 0. The lowest BCUT2D eigenvalue weighted by Gasteiger charge is -2.06. The molecule has 7 nitrogen and oxygen atoms in total. The van der Waals surface area contributed by atoms with Crippen molar-refractivity contribution in [2.75, 3.05) is 7.11 Å². The van der Waals surface area contributed by atoms with Crippen molar-refractivity contribution < 1.29 is 14.6 Å². The Hall–Kier alpha value is -2.90. The van der Waals surface area contributed by atoms with Gasteiger partial charge in [-0.05, 0) is 42.0 Å². The molecule has 0 aliphatic carbocycles. The third-order valence-corrected chi connectivity index (χ3v) is 3.95. The maximum Gasteiger partial charge on any atom is 0.274 e. The normalized spacial score (nSPS) is 10.6. The van der Waals surface area contributed by atoms with Gasteiger partial charge in [-0.1, -0.05) is 23.7 Å². The number of rotatable bonds is 6. The van der Waals surface area contributed by atoms with Crippen LogP contribution in [0.3, 0.4) is 0 Å². The molecule has 0 aliphatic heterocycles. The highest BCUT2D eigenvalue weighted by atomic mass is 35.5. The summed E-state index contributed by atoms with van der Waals surface area (Å²) >= 11 is 5.87. The van der Waals surface area contributed by atoms with E-state index in [0.29, 0.717) is 23.0 Å². The summed E-state index contributed by atoms with van der Waals surface area (Å²) in [7, 11) is 1.58. The van der Waals surface area contributed by atoms with E-state index in [1.807, 2.05) is 24.3 Å². The summed E-state index contributed by atoms with van der Waals surface area (Å²) < 4.78 is 5.16. The smallest absolute Gasteiger partial charge is 0.274 e. The third-order valence-electron chi connectivity index (χ3n) is 3.69. The largest absolute Gasteiger partial charge is 0.497 e. The molecule has 2 aromatic carbocycles. The Morgan fingerprint density at radius 2 is 2.00 bits per heavy atom. The molecule has 0 bridgehead atoms. The van der Waals surface area contributed by atoms with E-state index in [1.165, 1.54) is 4.80 Å². The fourth-order valence-corrected chi connectivity index (χ4v) is 2.48. The second kappa shape index (κ2) is 7.99. The number of hydrogen-bond acceptors (Lipinski definition) is 5. The van der Waals surface area contributed by atoms with E-state index >= 15 is 0 Å². The Morgan fingerprint density at radius 1 is 1.23 bits per heavy atom. The monoisotopic (exact) mass is 372 g/mol. The summed E-state index contributed by atoms with van der Waals surface area (Å²) in [5.41, 5.74) is 1.79. The van der Waals surface area contributed by atoms with Crippen LogP contribution in [0.4, 0.5) is 0 Å². The molecule has 134 valence electrons. The summed E-state index contributed by atoms with van der Waals surface area (Å²) in [5, 5.41) is 21.2. The highest BCUT2D eigenvalue weighted by Crippen LogP contribution is 2.15. The Kier molecular flexibility index (Phi) is 5.50. The number of halogens is 1. The molecule has 1 aromatic heterocycles. The maximum absolute atomic E-state index is 12.5. The van der Waals surface area contributed by atoms with E-state index in [-0.39, 0.29) is 11.4 Å². The summed E-state index contributed by atoms with van der Waals surface area (Å²) in [6.45, 7) is -0.0930. The number of aliphatic hydroxyl groups is 1. The van der Waals surface area contributed by atoms with Gasteiger partial charge in [-0.3, -0.25) is 4.79 Å². The first-order valence-corrected chi connectivity index (χ1v) is 8.22. The zero-order chi connectivity index (χ0) is 18.5. The molecular formula is C18H17ClN4O3. The fourth-order valence-electron chi connectivity index (χ4n) is 2.36. The topological polar surface area (TPSA) is 89.3 Å². The van der Waals surface area contributed by atoms with E-state index in [1.54, 1.807) is 31.4 Å². The number of nitrogens with one attached hydrogen (secondary N) is 1. The molecule has 0 atom stereocenters. The van der Waals surface area contributed by atoms with Gasteiger partial charge in [-0.15, -0.1) is 10.2 Å². The fraction of sp³-hybridized carbons (Fsp3) is 0.167. The van der Waals surface area contributed by atoms with E-state index in [9.17, 15) is 9.90 Å². The average Bonchev–Trinajstić information content (AvgIpc) is 3.11. The quantitative estimate of drug-likeness (QED) is 0.693. The molecule has 1 heterocycles. The highest BCUT2D eigenvalue weighted by molar-refractivity contribution is 6.30. The molecule has 8 heteroatoms. The van der Waals surface area contributed by atoms with Crippen LogP contribution in [-0.4, -0.2) is 33.1 Å². The van der Waals surface area contributed by atoms with Crippen molar-refractivity contribution in [1.29, 1.82) is 0 Å². The van der Waals surface area contributed by atoms with Gasteiger partial charge in [0.05, 0.1) is 19.4 Å². The van der Waals surface area contributed by atoms with Gasteiger partial charge in [0.2, 0.25) is 0 Å². The van der Waals surface area contributed by atoms with Crippen LogP contribution in [-0.2, 0) is 13.2 Å². The first-order chi connectivity index (χ1) is 12.6. The Balaban J connectivity index is 1.77. The Labute approximate surface area is 155 Å². The van der Waals surface area contributed by atoms with Gasteiger partial charge < -0.3 is 15.2 Å². The van der Waals surface area contributed by atoms with Crippen LogP contribution in [0.2, 0.25) is 5.02 Å². The predicted molar refractivity (Wildman–Crippen MR) is 96.5 cm³/mol. The van der Waals surface area contributed by atoms with Gasteiger partial charge in [0.25, 0.3) is 5.91 Å². The summed E-state index contributed by atoms with van der Waals surface area (Å²) in [5.74, 6) is 0.290. The lowest BCUT2D eigenvalue weighted by atomic mass is 10.2. The number of nitrogens with zero attached hydrogens (tertiary/aromatic N) is 3. The standard InChI is InChI=1S/C18H17ClN4O3/c1-26-15-4-2-3-12(9-15)10-20-18(25)17-16(11-24)21-23(22-17)14-7-5-13(19)6-8-14/h2-9,24H,10-11H2,1H3,(H,20,25). The van der Waals surface area contributed by atoms with Crippen molar-refractivity contribution in [3.05, 3.63) is 70.5 Å². The van der Waals surface area contributed by atoms with Crippen molar-refractivity contribution in [3.63, 3.8) is 0 Å². The molecule has 0 fully saturated rings. The van der Waals surface area contributed by atoms with Crippen LogP contribution < -0.4 is 10.1 Å². The molecule has 1 amide bonds. The number of hydrogen-bond donors (Lipinski definition) is 2. The zero-order valence-electron chi connectivity index (χ0n) is 14.0. The minimum atomic E-state index is -0.419.